The average Bonchev–Trinajstić information content (AvgIpc) is 2.74. The van der Waals surface area contributed by atoms with E-state index in [1.165, 1.54) is 10.1 Å². The van der Waals surface area contributed by atoms with Gasteiger partial charge in [0, 0.05) is 18.7 Å². The lowest BCUT2D eigenvalue weighted by Crippen LogP contribution is -2.36. The van der Waals surface area contributed by atoms with Crippen molar-refractivity contribution in [3.8, 4) is 0 Å². The number of nitrogens with zero attached hydrogens (tertiary/aromatic N) is 2. The van der Waals surface area contributed by atoms with Gasteiger partial charge < -0.3 is 19.8 Å². The molecule has 7 nitrogen and oxygen atoms in total. The standard InChI is InChI=1S/C23H28N4O3/c1-5-15-7-9-16(10-8-15)20(26(3)4)14-24-21(28)17-11-12-19-18(13-17)25-22(29)23(30)27(19)6-2/h7-13,20H,5-6,14H2,1-4H3,(H,24,28)(H,25,29). The first-order valence-electron chi connectivity index (χ1n) is 10.2. The van der Waals surface area contributed by atoms with Gasteiger partial charge in [-0.2, -0.15) is 0 Å². The molecule has 3 aromatic rings. The number of hydrogen-bond acceptors (Lipinski definition) is 4. The largest absolute Gasteiger partial charge is 0.350 e. The second-order valence-electron chi connectivity index (χ2n) is 7.52. The molecule has 2 N–H and O–H groups in total. The predicted molar refractivity (Wildman–Crippen MR) is 119 cm³/mol. The Morgan fingerprint density at radius 1 is 1.10 bits per heavy atom. The van der Waals surface area contributed by atoms with Crippen LogP contribution in [0.25, 0.3) is 11.0 Å². The quantitative estimate of drug-likeness (QED) is 0.588. The molecule has 0 aliphatic carbocycles. The van der Waals surface area contributed by atoms with Crippen LogP contribution >= 0.6 is 0 Å². The Morgan fingerprint density at radius 2 is 1.80 bits per heavy atom. The van der Waals surface area contributed by atoms with Gasteiger partial charge in [-0.1, -0.05) is 31.2 Å². The third kappa shape index (κ3) is 4.36. The van der Waals surface area contributed by atoms with Crippen LogP contribution in [0.2, 0.25) is 0 Å². The van der Waals surface area contributed by atoms with E-state index in [0.29, 0.717) is 29.7 Å². The van der Waals surface area contributed by atoms with E-state index < -0.39 is 11.1 Å². The molecule has 0 saturated carbocycles. The van der Waals surface area contributed by atoms with Gasteiger partial charge in [0.2, 0.25) is 0 Å². The molecule has 0 radical (unpaired) electrons. The van der Waals surface area contributed by atoms with Gasteiger partial charge in [-0.15, -0.1) is 0 Å². The number of aromatic nitrogens is 2. The van der Waals surface area contributed by atoms with E-state index in [2.05, 4.69) is 46.4 Å². The van der Waals surface area contributed by atoms with E-state index in [-0.39, 0.29) is 11.9 Å². The van der Waals surface area contributed by atoms with Crippen LogP contribution in [0.3, 0.4) is 0 Å². The summed E-state index contributed by atoms with van der Waals surface area (Å²) in [6.45, 7) is 4.75. The van der Waals surface area contributed by atoms with E-state index in [4.69, 9.17) is 0 Å². The van der Waals surface area contributed by atoms with E-state index in [1.54, 1.807) is 25.1 Å². The van der Waals surface area contributed by atoms with Crippen LogP contribution in [-0.4, -0.2) is 41.0 Å². The molecule has 0 spiro atoms. The van der Waals surface area contributed by atoms with Gasteiger partial charge in [0.25, 0.3) is 5.91 Å². The van der Waals surface area contributed by atoms with E-state index >= 15 is 0 Å². The zero-order valence-corrected chi connectivity index (χ0v) is 17.9. The molecule has 1 heterocycles. The summed E-state index contributed by atoms with van der Waals surface area (Å²) in [5.41, 5.74) is 2.62. The normalized spacial score (nSPS) is 12.3. The van der Waals surface area contributed by atoms with Gasteiger partial charge in [0.15, 0.2) is 0 Å². The number of carbonyl (C=O) groups is 1. The number of likely N-dealkylation sites (N-methyl/N-ethyl adjacent to an activating group) is 1. The second-order valence-corrected chi connectivity index (χ2v) is 7.52. The number of fused-ring (bicyclic) bond motifs is 1. The van der Waals surface area contributed by atoms with Crippen molar-refractivity contribution < 1.29 is 4.79 Å². The summed E-state index contributed by atoms with van der Waals surface area (Å²) in [6, 6.07) is 13.4. The van der Waals surface area contributed by atoms with Crippen molar-refractivity contribution in [2.45, 2.75) is 32.9 Å². The molecule has 0 aliphatic heterocycles. The molecule has 1 aromatic heterocycles. The third-order valence-corrected chi connectivity index (χ3v) is 5.41. The topological polar surface area (TPSA) is 87.2 Å². The van der Waals surface area contributed by atoms with Crippen LogP contribution in [0.5, 0.6) is 0 Å². The molecule has 0 saturated heterocycles. The van der Waals surface area contributed by atoms with Gasteiger partial charge in [-0.25, -0.2) is 0 Å². The zero-order valence-electron chi connectivity index (χ0n) is 17.9. The maximum Gasteiger partial charge on any atom is 0.316 e. The Balaban J connectivity index is 1.82. The molecule has 2 aromatic carbocycles. The highest BCUT2D eigenvalue weighted by Gasteiger charge is 2.17. The summed E-state index contributed by atoms with van der Waals surface area (Å²) in [5, 5.41) is 2.99. The van der Waals surface area contributed by atoms with E-state index in [0.717, 1.165) is 12.0 Å². The van der Waals surface area contributed by atoms with Crippen molar-refractivity contribution in [2.24, 2.45) is 0 Å². The smallest absolute Gasteiger partial charge is 0.316 e. The predicted octanol–water partition coefficient (Wildman–Crippen LogP) is 2.30. The molecule has 0 fully saturated rings. The summed E-state index contributed by atoms with van der Waals surface area (Å²) >= 11 is 0. The number of aryl methyl sites for hydroxylation is 2. The Morgan fingerprint density at radius 3 is 2.40 bits per heavy atom. The van der Waals surface area contributed by atoms with Crippen LogP contribution in [0, 0.1) is 0 Å². The highest BCUT2D eigenvalue weighted by Crippen LogP contribution is 2.19. The van der Waals surface area contributed by atoms with Crippen molar-refractivity contribution in [3.63, 3.8) is 0 Å². The summed E-state index contributed by atoms with van der Waals surface area (Å²) < 4.78 is 1.40. The minimum absolute atomic E-state index is 0.0328. The molecule has 1 atom stereocenters. The fourth-order valence-electron chi connectivity index (χ4n) is 3.60. The third-order valence-electron chi connectivity index (χ3n) is 5.41. The number of hydrogen-bond donors (Lipinski definition) is 2. The van der Waals surface area contributed by atoms with Gasteiger partial charge in [-0.05, 0) is 56.8 Å². The van der Waals surface area contributed by atoms with Gasteiger partial charge in [-0.3, -0.25) is 14.4 Å². The minimum Gasteiger partial charge on any atom is -0.350 e. The highest BCUT2D eigenvalue weighted by molar-refractivity contribution is 5.97. The van der Waals surface area contributed by atoms with Gasteiger partial charge in [0.05, 0.1) is 17.1 Å². The van der Waals surface area contributed by atoms with Gasteiger partial charge >= 0.3 is 11.1 Å². The number of amides is 1. The lowest BCUT2D eigenvalue weighted by molar-refractivity contribution is 0.0942. The van der Waals surface area contributed by atoms with Crippen molar-refractivity contribution >= 4 is 16.9 Å². The lowest BCUT2D eigenvalue weighted by atomic mass is 10.0. The monoisotopic (exact) mass is 408 g/mol. The van der Waals surface area contributed by atoms with Crippen LogP contribution in [-0.2, 0) is 13.0 Å². The first-order valence-corrected chi connectivity index (χ1v) is 10.2. The lowest BCUT2D eigenvalue weighted by Gasteiger charge is -2.25. The van der Waals surface area contributed by atoms with Gasteiger partial charge in [0.1, 0.15) is 0 Å². The molecule has 7 heteroatoms. The zero-order chi connectivity index (χ0) is 21.8. The van der Waals surface area contributed by atoms with Crippen molar-refractivity contribution in [1.29, 1.82) is 0 Å². The van der Waals surface area contributed by atoms with Crippen LogP contribution < -0.4 is 16.4 Å². The molecule has 0 aliphatic rings. The summed E-state index contributed by atoms with van der Waals surface area (Å²) in [6.07, 6.45) is 0.986. The van der Waals surface area contributed by atoms with E-state index in [1.807, 2.05) is 14.1 Å². The minimum atomic E-state index is -0.690. The Bertz CT molecular complexity index is 1160. The number of H-pyrrole nitrogens is 1. The van der Waals surface area contributed by atoms with Crippen LogP contribution in [0.15, 0.2) is 52.1 Å². The van der Waals surface area contributed by atoms with Crippen LogP contribution in [0.4, 0.5) is 0 Å². The van der Waals surface area contributed by atoms with Crippen molar-refractivity contribution in [2.75, 3.05) is 20.6 Å². The number of benzene rings is 2. The Kier molecular flexibility index (Phi) is 6.52. The Hall–Kier alpha value is -3.19. The summed E-state index contributed by atoms with van der Waals surface area (Å²) in [7, 11) is 3.96. The molecular weight excluding hydrogens is 380 g/mol. The number of aromatic amines is 1. The summed E-state index contributed by atoms with van der Waals surface area (Å²) in [4.78, 5) is 41.3. The first kappa shape index (κ1) is 21.5. The molecule has 158 valence electrons. The average molecular weight is 409 g/mol. The maximum absolute atomic E-state index is 12.8. The molecule has 30 heavy (non-hydrogen) atoms. The van der Waals surface area contributed by atoms with Crippen LogP contribution in [0.1, 0.15) is 41.4 Å². The molecule has 3 rings (SSSR count). The molecular formula is C23H28N4O3. The maximum atomic E-state index is 12.8. The van der Waals surface area contributed by atoms with E-state index in [9.17, 15) is 14.4 Å². The summed E-state index contributed by atoms with van der Waals surface area (Å²) in [5.74, 6) is -0.232. The van der Waals surface area contributed by atoms with Crippen molar-refractivity contribution in [1.82, 2.24) is 19.8 Å². The molecule has 1 unspecified atom stereocenters. The second kappa shape index (κ2) is 9.09. The number of nitrogens with one attached hydrogen (secondary N) is 2. The highest BCUT2D eigenvalue weighted by atomic mass is 16.2. The van der Waals surface area contributed by atoms with Crippen molar-refractivity contribution in [3.05, 3.63) is 79.9 Å². The SMILES string of the molecule is CCc1ccc(C(CNC(=O)c2ccc3c(c2)[nH]c(=O)c(=O)n3CC)N(C)C)cc1. The fraction of sp³-hybridized carbons (Fsp3) is 0.348. The molecule has 0 bridgehead atoms. The molecule has 1 amide bonds. The fourth-order valence-corrected chi connectivity index (χ4v) is 3.60. The number of carbonyl (C=O) groups excluding carboxylic acids is 1. The first-order chi connectivity index (χ1) is 14.3. The Labute approximate surface area is 175 Å². The number of rotatable bonds is 7.